The summed E-state index contributed by atoms with van der Waals surface area (Å²) in [6, 6.07) is 7.26. The first-order valence-corrected chi connectivity index (χ1v) is 7.31. The fourth-order valence-electron chi connectivity index (χ4n) is 2.17. The minimum absolute atomic E-state index is 0.204. The number of hydrogen-bond donors (Lipinski definition) is 1. The van der Waals surface area contributed by atoms with E-state index in [2.05, 4.69) is 27.5 Å². The third kappa shape index (κ3) is 3.52. The van der Waals surface area contributed by atoms with E-state index in [9.17, 15) is 9.59 Å². The lowest BCUT2D eigenvalue weighted by Crippen LogP contribution is -2.24. The number of cyclic esters (lactones) is 1. The molecule has 2 heterocycles. The second kappa shape index (κ2) is 6.83. The molecule has 0 radical (unpaired) electrons. The lowest BCUT2D eigenvalue weighted by atomic mass is 10.2. The molecule has 1 aromatic carbocycles. The van der Waals surface area contributed by atoms with Gasteiger partial charge in [-0.3, -0.25) is 14.4 Å². The maximum Gasteiger partial charge on any atom is 0.414 e. The number of ether oxygens (including phenoxy) is 1. The molecule has 0 unspecified atom stereocenters. The van der Waals surface area contributed by atoms with Gasteiger partial charge in [0.05, 0.1) is 19.3 Å². The lowest BCUT2D eigenvalue weighted by Gasteiger charge is -2.11. The van der Waals surface area contributed by atoms with Crippen molar-refractivity contribution in [2.24, 2.45) is 7.05 Å². The Morgan fingerprint density at radius 2 is 2.17 bits per heavy atom. The van der Waals surface area contributed by atoms with Gasteiger partial charge in [0.1, 0.15) is 6.61 Å². The van der Waals surface area contributed by atoms with Crippen molar-refractivity contribution < 1.29 is 14.3 Å². The van der Waals surface area contributed by atoms with E-state index in [1.165, 1.54) is 10.9 Å². The average Bonchev–Trinajstić information content (AvgIpc) is 3.20. The molecule has 8 nitrogen and oxygen atoms in total. The minimum atomic E-state index is -0.333. The standard InChI is InChI=1S/C16H15N5O3/c1-20-11-14(18-19-20)15(22)17-8-2-3-12-4-6-13(7-5-12)21-9-10-24-16(21)23/h4-7,11H,8-10H2,1H3,(H,17,22). The van der Waals surface area contributed by atoms with Crippen molar-refractivity contribution >= 4 is 17.7 Å². The van der Waals surface area contributed by atoms with Crippen molar-refractivity contribution in [2.75, 3.05) is 24.6 Å². The SMILES string of the molecule is Cn1cc(C(=O)NCC#Cc2ccc(N3CCOC3=O)cc2)nn1. The molecule has 3 rings (SSSR count). The molecule has 2 aromatic rings. The molecule has 1 fully saturated rings. The third-order valence-electron chi connectivity index (χ3n) is 3.35. The van der Waals surface area contributed by atoms with Gasteiger partial charge in [-0.25, -0.2) is 4.79 Å². The van der Waals surface area contributed by atoms with Crippen LogP contribution in [-0.4, -0.2) is 46.7 Å². The second-order valence-electron chi connectivity index (χ2n) is 5.07. The van der Waals surface area contributed by atoms with Gasteiger partial charge in [0.15, 0.2) is 5.69 Å². The van der Waals surface area contributed by atoms with E-state index in [-0.39, 0.29) is 24.2 Å². The number of aromatic nitrogens is 3. The van der Waals surface area contributed by atoms with E-state index < -0.39 is 0 Å². The Bertz CT molecular complexity index is 816. The first kappa shape index (κ1) is 15.6. The Labute approximate surface area is 138 Å². The zero-order valence-corrected chi connectivity index (χ0v) is 13.0. The van der Waals surface area contributed by atoms with Crippen LogP contribution in [-0.2, 0) is 11.8 Å². The van der Waals surface area contributed by atoms with Crippen molar-refractivity contribution in [1.29, 1.82) is 0 Å². The number of carbonyl (C=O) groups is 2. The number of amides is 2. The molecule has 1 aliphatic rings. The highest BCUT2D eigenvalue weighted by Gasteiger charge is 2.23. The fourth-order valence-corrected chi connectivity index (χ4v) is 2.17. The monoisotopic (exact) mass is 325 g/mol. The average molecular weight is 325 g/mol. The second-order valence-corrected chi connectivity index (χ2v) is 5.07. The van der Waals surface area contributed by atoms with Crippen molar-refractivity contribution in [1.82, 2.24) is 20.3 Å². The summed E-state index contributed by atoms with van der Waals surface area (Å²) < 4.78 is 6.35. The molecule has 1 saturated heterocycles. The zero-order chi connectivity index (χ0) is 16.9. The van der Waals surface area contributed by atoms with Crippen LogP contribution in [0.5, 0.6) is 0 Å². The van der Waals surface area contributed by atoms with Gasteiger partial charge in [0, 0.05) is 18.3 Å². The third-order valence-corrected chi connectivity index (χ3v) is 3.35. The molecule has 2 amide bonds. The summed E-state index contributed by atoms with van der Waals surface area (Å²) in [7, 11) is 1.69. The van der Waals surface area contributed by atoms with Crippen LogP contribution in [0.15, 0.2) is 30.5 Å². The zero-order valence-electron chi connectivity index (χ0n) is 13.0. The highest BCUT2D eigenvalue weighted by Crippen LogP contribution is 2.18. The quantitative estimate of drug-likeness (QED) is 0.833. The molecular weight excluding hydrogens is 310 g/mol. The Morgan fingerprint density at radius 3 is 2.79 bits per heavy atom. The molecule has 0 spiro atoms. The van der Waals surface area contributed by atoms with Gasteiger partial charge in [-0.15, -0.1) is 5.10 Å². The van der Waals surface area contributed by atoms with Gasteiger partial charge in [0.2, 0.25) is 0 Å². The van der Waals surface area contributed by atoms with Crippen LogP contribution in [0.1, 0.15) is 16.1 Å². The van der Waals surface area contributed by atoms with Crippen LogP contribution in [0.25, 0.3) is 0 Å². The van der Waals surface area contributed by atoms with Gasteiger partial charge in [-0.05, 0) is 24.3 Å². The number of hydrogen-bond acceptors (Lipinski definition) is 5. The number of anilines is 1. The van der Waals surface area contributed by atoms with Crippen LogP contribution in [0, 0.1) is 11.8 Å². The molecule has 8 heteroatoms. The van der Waals surface area contributed by atoms with Crippen molar-refractivity contribution in [3.8, 4) is 11.8 Å². The predicted molar refractivity (Wildman–Crippen MR) is 85.4 cm³/mol. The van der Waals surface area contributed by atoms with Crippen LogP contribution in [0.2, 0.25) is 0 Å². The highest BCUT2D eigenvalue weighted by atomic mass is 16.6. The van der Waals surface area contributed by atoms with Crippen molar-refractivity contribution in [3.63, 3.8) is 0 Å². The summed E-state index contributed by atoms with van der Waals surface area (Å²) in [6.07, 6.45) is 1.20. The van der Waals surface area contributed by atoms with Gasteiger partial charge >= 0.3 is 6.09 Å². The van der Waals surface area contributed by atoms with Crippen LogP contribution >= 0.6 is 0 Å². The normalized spacial score (nSPS) is 13.2. The molecule has 0 atom stereocenters. The van der Waals surface area contributed by atoms with Crippen LogP contribution < -0.4 is 10.2 Å². The van der Waals surface area contributed by atoms with Gasteiger partial charge in [-0.2, -0.15) is 0 Å². The largest absolute Gasteiger partial charge is 0.447 e. The first-order valence-electron chi connectivity index (χ1n) is 7.31. The molecule has 122 valence electrons. The molecule has 24 heavy (non-hydrogen) atoms. The maximum atomic E-state index is 11.7. The van der Waals surface area contributed by atoms with Crippen LogP contribution in [0.4, 0.5) is 10.5 Å². The summed E-state index contributed by atoms with van der Waals surface area (Å²) in [5.41, 5.74) is 1.82. The van der Waals surface area contributed by atoms with E-state index >= 15 is 0 Å². The topological polar surface area (TPSA) is 89.4 Å². The number of carbonyl (C=O) groups excluding carboxylic acids is 2. The Kier molecular flexibility index (Phi) is 4.43. The number of nitrogens with one attached hydrogen (secondary N) is 1. The Balaban J connectivity index is 1.54. The van der Waals surface area contributed by atoms with Crippen molar-refractivity contribution in [3.05, 3.63) is 41.7 Å². The number of rotatable bonds is 3. The molecule has 0 aliphatic carbocycles. The molecule has 0 saturated carbocycles. The molecule has 1 aromatic heterocycles. The summed E-state index contributed by atoms with van der Waals surface area (Å²) in [5.74, 6) is 5.49. The van der Waals surface area contributed by atoms with Crippen molar-refractivity contribution in [2.45, 2.75) is 0 Å². The van der Waals surface area contributed by atoms with Crippen LogP contribution in [0.3, 0.4) is 0 Å². The smallest absolute Gasteiger partial charge is 0.414 e. The molecule has 1 N–H and O–H groups in total. The lowest BCUT2D eigenvalue weighted by molar-refractivity contribution is 0.0953. The molecule has 1 aliphatic heterocycles. The van der Waals surface area contributed by atoms with Gasteiger partial charge in [0.25, 0.3) is 5.91 Å². The van der Waals surface area contributed by atoms with E-state index in [1.807, 2.05) is 24.3 Å². The van der Waals surface area contributed by atoms with Gasteiger partial charge in [-0.1, -0.05) is 17.1 Å². The summed E-state index contributed by atoms with van der Waals surface area (Å²) in [4.78, 5) is 24.8. The summed E-state index contributed by atoms with van der Waals surface area (Å²) in [6.45, 7) is 1.17. The van der Waals surface area contributed by atoms with E-state index in [4.69, 9.17) is 4.74 Å². The summed E-state index contributed by atoms with van der Waals surface area (Å²) in [5, 5.41) is 10.1. The number of nitrogens with zero attached hydrogens (tertiary/aromatic N) is 4. The summed E-state index contributed by atoms with van der Waals surface area (Å²) >= 11 is 0. The van der Waals surface area contributed by atoms with Gasteiger partial charge < -0.3 is 10.1 Å². The Morgan fingerprint density at radius 1 is 1.38 bits per heavy atom. The number of benzene rings is 1. The van der Waals surface area contributed by atoms with E-state index in [0.29, 0.717) is 13.2 Å². The number of aryl methyl sites for hydroxylation is 1. The molecular formula is C16H15N5O3. The fraction of sp³-hybridized carbons (Fsp3) is 0.250. The Hall–Kier alpha value is -3.34. The minimum Gasteiger partial charge on any atom is -0.447 e. The maximum absolute atomic E-state index is 11.7. The first-order chi connectivity index (χ1) is 11.6. The molecule has 0 bridgehead atoms. The van der Waals surface area contributed by atoms with E-state index in [1.54, 1.807) is 11.9 Å². The van der Waals surface area contributed by atoms with E-state index in [0.717, 1.165) is 11.3 Å². The highest BCUT2D eigenvalue weighted by molar-refractivity contribution is 5.92. The predicted octanol–water partition coefficient (Wildman–Crippen LogP) is 0.553.